The van der Waals surface area contributed by atoms with Crippen LogP contribution in [0.25, 0.3) is 0 Å². The monoisotopic (exact) mass is 255 g/mol. The lowest BCUT2D eigenvalue weighted by atomic mass is 10.0. The SMILES string of the molecule is CC[C@@H](N)c1ccccc1OCc1ccccc1C. The summed E-state index contributed by atoms with van der Waals surface area (Å²) in [6.07, 6.45) is 0.907. The molecule has 0 saturated heterocycles. The Bertz CT molecular complexity index is 536. The molecule has 19 heavy (non-hydrogen) atoms. The number of hydrogen-bond donors (Lipinski definition) is 1. The minimum Gasteiger partial charge on any atom is -0.489 e. The molecule has 1 atom stereocenters. The van der Waals surface area contributed by atoms with Crippen molar-refractivity contribution in [1.29, 1.82) is 0 Å². The summed E-state index contributed by atoms with van der Waals surface area (Å²) in [4.78, 5) is 0. The number of nitrogens with two attached hydrogens (primary N) is 1. The van der Waals surface area contributed by atoms with E-state index in [0.29, 0.717) is 6.61 Å². The van der Waals surface area contributed by atoms with Crippen molar-refractivity contribution in [3.63, 3.8) is 0 Å². The van der Waals surface area contributed by atoms with Crippen LogP contribution >= 0.6 is 0 Å². The lowest BCUT2D eigenvalue weighted by Gasteiger charge is -2.16. The molecule has 0 bridgehead atoms. The third-order valence-electron chi connectivity index (χ3n) is 3.40. The van der Waals surface area contributed by atoms with E-state index in [2.05, 4.69) is 26.0 Å². The van der Waals surface area contributed by atoms with Gasteiger partial charge in [-0.1, -0.05) is 49.4 Å². The van der Waals surface area contributed by atoms with Crippen molar-refractivity contribution < 1.29 is 4.74 Å². The molecule has 0 aliphatic rings. The van der Waals surface area contributed by atoms with Crippen molar-refractivity contribution in [2.45, 2.75) is 32.9 Å². The summed E-state index contributed by atoms with van der Waals surface area (Å²) in [6, 6.07) is 16.3. The largest absolute Gasteiger partial charge is 0.489 e. The van der Waals surface area contributed by atoms with E-state index >= 15 is 0 Å². The van der Waals surface area contributed by atoms with Crippen LogP contribution in [0.1, 0.15) is 36.1 Å². The lowest BCUT2D eigenvalue weighted by molar-refractivity contribution is 0.300. The van der Waals surface area contributed by atoms with Gasteiger partial charge in [0.05, 0.1) is 0 Å². The fourth-order valence-electron chi connectivity index (χ4n) is 2.07. The highest BCUT2D eigenvalue weighted by Crippen LogP contribution is 2.26. The molecule has 0 radical (unpaired) electrons. The van der Waals surface area contributed by atoms with E-state index in [9.17, 15) is 0 Å². The zero-order chi connectivity index (χ0) is 13.7. The van der Waals surface area contributed by atoms with Gasteiger partial charge >= 0.3 is 0 Å². The van der Waals surface area contributed by atoms with Gasteiger partial charge in [-0.2, -0.15) is 0 Å². The van der Waals surface area contributed by atoms with E-state index in [1.807, 2.05) is 36.4 Å². The molecule has 0 aliphatic heterocycles. The molecule has 0 saturated carbocycles. The van der Waals surface area contributed by atoms with Gasteiger partial charge in [0, 0.05) is 11.6 Å². The molecule has 2 nitrogen and oxygen atoms in total. The Morgan fingerprint density at radius 3 is 2.47 bits per heavy atom. The Morgan fingerprint density at radius 1 is 1.05 bits per heavy atom. The summed E-state index contributed by atoms with van der Waals surface area (Å²) < 4.78 is 5.95. The van der Waals surface area contributed by atoms with E-state index in [-0.39, 0.29) is 6.04 Å². The van der Waals surface area contributed by atoms with Gasteiger partial charge in [0.15, 0.2) is 0 Å². The van der Waals surface area contributed by atoms with Crippen molar-refractivity contribution in [3.05, 3.63) is 65.2 Å². The van der Waals surface area contributed by atoms with E-state index in [4.69, 9.17) is 10.5 Å². The predicted molar refractivity (Wildman–Crippen MR) is 79.2 cm³/mol. The van der Waals surface area contributed by atoms with Gasteiger partial charge in [-0.3, -0.25) is 0 Å². The molecule has 2 aromatic rings. The molecule has 2 aromatic carbocycles. The quantitative estimate of drug-likeness (QED) is 0.877. The summed E-state index contributed by atoms with van der Waals surface area (Å²) in [6.45, 7) is 4.77. The number of para-hydroxylation sites is 1. The second kappa shape index (κ2) is 6.39. The zero-order valence-electron chi connectivity index (χ0n) is 11.6. The average Bonchev–Trinajstić information content (AvgIpc) is 2.46. The van der Waals surface area contributed by atoms with Gasteiger partial charge in [0.1, 0.15) is 12.4 Å². The van der Waals surface area contributed by atoms with Gasteiger partial charge in [-0.15, -0.1) is 0 Å². The van der Waals surface area contributed by atoms with E-state index < -0.39 is 0 Å². The molecule has 0 unspecified atom stereocenters. The van der Waals surface area contributed by atoms with Crippen LogP contribution in [-0.4, -0.2) is 0 Å². The number of benzene rings is 2. The smallest absolute Gasteiger partial charge is 0.124 e. The molecule has 2 N–H and O–H groups in total. The van der Waals surface area contributed by atoms with E-state index in [0.717, 1.165) is 17.7 Å². The second-order valence-electron chi connectivity index (χ2n) is 4.77. The minimum atomic E-state index is 0.0353. The molecule has 0 aliphatic carbocycles. The van der Waals surface area contributed by atoms with Gasteiger partial charge in [0.2, 0.25) is 0 Å². The van der Waals surface area contributed by atoms with Crippen molar-refractivity contribution in [3.8, 4) is 5.75 Å². The minimum absolute atomic E-state index is 0.0353. The van der Waals surface area contributed by atoms with Gasteiger partial charge in [-0.05, 0) is 30.5 Å². The van der Waals surface area contributed by atoms with Crippen molar-refractivity contribution in [2.24, 2.45) is 5.73 Å². The van der Waals surface area contributed by atoms with Crippen LogP contribution in [-0.2, 0) is 6.61 Å². The predicted octanol–water partition coefficient (Wildman–Crippen LogP) is 3.98. The fourth-order valence-corrected chi connectivity index (χ4v) is 2.07. The zero-order valence-corrected chi connectivity index (χ0v) is 11.6. The fraction of sp³-hybridized carbons (Fsp3) is 0.294. The maximum atomic E-state index is 6.11. The molecule has 0 heterocycles. The first-order chi connectivity index (χ1) is 9.22. The van der Waals surface area contributed by atoms with Gasteiger partial charge < -0.3 is 10.5 Å². The highest BCUT2D eigenvalue weighted by molar-refractivity contribution is 5.36. The number of hydrogen-bond acceptors (Lipinski definition) is 2. The number of aryl methyl sites for hydroxylation is 1. The third-order valence-corrected chi connectivity index (χ3v) is 3.40. The topological polar surface area (TPSA) is 35.2 Å². The summed E-state index contributed by atoms with van der Waals surface area (Å²) >= 11 is 0. The summed E-state index contributed by atoms with van der Waals surface area (Å²) in [7, 11) is 0. The molecule has 100 valence electrons. The standard InChI is InChI=1S/C17H21NO/c1-3-16(18)15-10-6-7-11-17(15)19-12-14-9-5-4-8-13(14)2/h4-11,16H,3,12,18H2,1-2H3/t16-/m1/s1. The first-order valence-corrected chi connectivity index (χ1v) is 6.74. The lowest BCUT2D eigenvalue weighted by Crippen LogP contribution is -2.11. The number of ether oxygens (including phenoxy) is 1. The average molecular weight is 255 g/mol. The van der Waals surface area contributed by atoms with E-state index in [1.54, 1.807) is 0 Å². The Balaban J connectivity index is 2.14. The molecule has 2 rings (SSSR count). The van der Waals surface area contributed by atoms with Crippen LogP contribution in [0.4, 0.5) is 0 Å². The van der Waals surface area contributed by atoms with Crippen LogP contribution in [0.5, 0.6) is 5.75 Å². The molecule has 2 heteroatoms. The molecular weight excluding hydrogens is 234 g/mol. The Morgan fingerprint density at radius 2 is 1.74 bits per heavy atom. The maximum Gasteiger partial charge on any atom is 0.124 e. The van der Waals surface area contributed by atoms with Crippen molar-refractivity contribution >= 4 is 0 Å². The molecular formula is C17H21NO. The highest BCUT2D eigenvalue weighted by Gasteiger charge is 2.10. The Labute approximate surface area is 115 Å². The Hall–Kier alpha value is -1.80. The second-order valence-corrected chi connectivity index (χ2v) is 4.77. The summed E-state index contributed by atoms with van der Waals surface area (Å²) in [5, 5.41) is 0. The third kappa shape index (κ3) is 3.36. The first kappa shape index (κ1) is 13.6. The van der Waals surface area contributed by atoms with Crippen LogP contribution in [0.15, 0.2) is 48.5 Å². The summed E-state index contributed by atoms with van der Waals surface area (Å²) in [5.41, 5.74) is 9.66. The normalized spacial score (nSPS) is 12.2. The summed E-state index contributed by atoms with van der Waals surface area (Å²) in [5.74, 6) is 0.889. The van der Waals surface area contributed by atoms with E-state index in [1.165, 1.54) is 11.1 Å². The number of rotatable bonds is 5. The van der Waals surface area contributed by atoms with Crippen molar-refractivity contribution in [2.75, 3.05) is 0 Å². The molecule has 0 spiro atoms. The van der Waals surface area contributed by atoms with Crippen LogP contribution in [0.2, 0.25) is 0 Å². The molecule has 0 aromatic heterocycles. The first-order valence-electron chi connectivity index (χ1n) is 6.74. The van der Waals surface area contributed by atoms with Crippen LogP contribution in [0, 0.1) is 6.92 Å². The van der Waals surface area contributed by atoms with Gasteiger partial charge in [0.25, 0.3) is 0 Å². The van der Waals surface area contributed by atoms with Crippen LogP contribution in [0.3, 0.4) is 0 Å². The highest BCUT2D eigenvalue weighted by atomic mass is 16.5. The maximum absolute atomic E-state index is 6.11. The molecule has 0 fully saturated rings. The van der Waals surface area contributed by atoms with Crippen LogP contribution < -0.4 is 10.5 Å². The Kier molecular flexibility index (Phi) is 4.58. The van der Waals surface area contributed by atoms with Crippen molar-refractivity contribution in [1.82, 2.24) is 0 Å². The van der Waals surface area contributed by atoms with Gasteiger partial charge in [-0.25, -0.2) is 0 Å². The molecule has 0 amide bonds.